The second kappa shape index (κ2) is 10.7. The zero-order valence-corrected chi connectivity index (χ0v) is 19.7. The fourth-order valence-electron chi connectivity index (χ4n) is 4.56. The summed E-state index contributed by atoms with van der Waals surface area (Å²) in [5.74, 6) is 0.217. The average Bonchev–Trinajstić information content (AvgIpc) is 2.83. The molecule has 2 aromatic rings. The van der Waals surface area contributed by atoms with Crippen LogP contribution in [0.5, 0.6) is 5.75 Å². The van der Waals surface area contributed by atoms with Gasteiger partial charge < -0.3 is 14.7 Å². The number of hydrogen-bond acceptors (Lipinski definition) is 5. The molecule has 1 N–H and O–H groups in total. The van der Waals surface area contributed by atoms with E-state index in [9.17, 15) is 14.7 Å². The summed E-state index contributed by atoms with van der Waals surface area (Å²) in [6.45, 7) is 2.88. The van der Waals surface area contributed by atoms with Crippen molar-refractivity contribution >= 4 is 35.2 Å². The molecule has 0 aliphatic carbocycles. The Hall–Kier alpha value is -2.32. The number of imide groups is 1. The van der Waals surface area contributed by atoms with E-state index in [-0.39, 0.29) is 6.10 Å². The van der Waals surface area contributed by atoms with Crippen molar-refractivity contribution in [3.8, 4) is 5.75 Å². The summed E-state index contributed by atoms with van der Waals surface area (Å²) in [5, 5.41) is 13.2. The molecule has 176 valence electrons. The lowest BCUT2D eigenvalue weighted by Crippen LogP contribution is -2.56. The van der Waals surface area contributed by atoms with Gasteiger partial charge in [-0.05, 0) is 49.9 Å². The number of ether oxygens (including phenoxy) is 1. The van der Waals surface area contributed by atoms with Crippen LogP contribution in [-0.4, -0.2) is 70.3 Å². The lowest BCUT2D eigenvalue weighted by molar-refractivity contribution is -0.0303. The zero-order valence-electron chi connectivity index (χ0n) is 18.2. The van der Waals surface area contributed by atoms with Crippen LogP contribution in [0.1, 0.15) is 36.0 Å². The van der Waals surface area contributed by atoms with Gasteiger partial charge in [0.1, 0.15) is 11.9 Å². The summed E-state index contributed by atoms with van der Waals surface area (Å²) in [6, 6.07) is 14.2. The van der Waals surface area contributed by atoms with E-state index in [1.54, 1.807) is 47.5 Å². The number of amides is 2. The predicted octanol–water partition coefficient (Wildman–Crippen LogP) is 5.04. The third-order valence-electron chi connectivity index (χ3n) is 6.30. The van der Waals surface area contributed by atoms with Crippen LogP contribution in [0.3, 0.4) is 0 Å². The van der Waals surface area contributed by atoms with Gasteiger partial charge in [-0.3, -0.25) is 4.79 Å². The molecule has 0 atom stereocenters. The van der Waals surface area contributed by atoms with Crippen LogP contribution < -0.4 is 4.74 Å². The minimum absolute atomic E-state index is 0.129. The molecule has 0 bridgehead atoms. The third kappa shape index (κ3) is 5.79. The first-order valence-corrected chi connectivity index (χ1v) is 11.9. The Morgan fingerprint density at radius 3 is 2.18 bits per heavy atom. The number of hydrogen-bond donors (Lipinski definition) is 1. The molecule has 2 heterocycles. The van der Waals surface area contributed by atoms with Crippen molar-refractivity contribution in [2.75, 3.05) is 26.2 Å². The molecule has 7 nitrogen and oxygen atoms in total. The van der Waals surface area contributed by atoms with Gasteiger partial charge in [-0.15, -0.1) is 0 Å². The standard InChI is InChI=1S/C24H27Cl2N3O4/c25-21-7-6-20(16-22(21)26)33-19-10-12-27(13-11-19)18-8-14-28(15-9-18)29(24(31)32)23(30)17-4-2-1-3-5-17/h1-7,16,18-19H,8-15H2,(H,31,32). The molecule has 4 rings (SSSR count). The zero-order chi connectivity index (χ0) is 23.4. The van der Waals surface area contributed by atoms with E-state index in [0.717, 1.165) is 49.5 Å². The summed E-state index contributed by atoms with van der Waals surface area (Å²) >= 11 is 12.1. The van der Waals surface area contributed by atoms with Gasteiger partial charge >= 0.3 is 6.09 Å². The molecule has 2 aliphatic rings. The lowest BCUT2D eigenvalue weighted by Gasteiger charge is -2.43. The number of carbonyl (C=O) groups is 2. The number of carboxylic acid groups (broad SMARTS) is 1. The van der Waals surface area contributed by atoms with Crippen molar-refractivity contribution in [2.45, 2.75) is 37.8 Å². The number of nitrogens with zero attached hydrogens (tertiary/aromatic N) is 3. The van der Waals surface area contributed by atoms with Gasteiger partial charge in [0, 0.05) is 43.9 Å². The summed E-state index contributed by atoms with van der Waals surface area (Å²) in [5.41, 5.74) is 0.367. The number of likely N-dealkylation sites (tertiary alicyclic amines) is 1. The summed E-state index contributed by atoms with van der Waals surface area (Å²) in [6.07, 6.45) is 2.32. The minimum atomic E-state index is -1.25. The maximum atomic E-state index is 12.8. The summed E-state index contributed by atoms with van der Waals surface area (Å²) < 4.78 is 6.08. The van der Waals surface area contributed by atoms with E-state index in [2.05, 4.69) is 4.90 Å². The van der Waals surface area contributed by atoms with Gasteiger partial charge in [-0.1, -0.05) is 41.4 Å². The van der Waals surface area contributed by atoms with Gasteiger partial charge in [-0.2, -0.15) is 5.01 Å². The average molecular weight is 492 g/mol. The van der Waals surface area contributed by atoms with Crippen LogP contribution in [0.25, 0.3) is 0 Å². The number of carbonyl (C=O) groups excluding carboxylic acids is 1. The first-order chi connectivity index (χ1) is 15.9. The first kappa shape index (κ1) is 23.8. The quantitative estimate of drug-likeness (QED) is 0.631. The number of benzene rings is 2. The van der Waals surface area contributed by atoms with Crippen molar-refractivity contribution < 1.29 is 19.4 Å². The molecule has 33 heavy (non-hydrogen) atoms. The van der Waals surface area contributed by atoms with Crippen molar-refractivity contribution in [2.24, 2.45) is 0 Å². The highest BCUT2D eigenvalue weighted by Crippen LogP contribution is 2.29. The molecule has 9 heteroatoms. The highest BCUT2D eigenvalue weighted by atomic mass is 35.5. The van der Waals surface area contributed by atoms with Gasteiger partial charge in [-0.25, -0.2) is 9.80 Å². The second-order valence-corrected chi connectivity index (χ2v) is 9.19. The Balaban J connectivity index is 1.28. The topological polar surface area (TPSA) is 73.3 Å². The normalized spacial score (nSPS) is 18.7. The molecule has 0 unspecified atom stereocenters. The van der Waals surface area contributed by atoms with E-state index >= 15 is 0 Å². The molecule has 0 aromatic heterocycles. The Morgan fingerprint density at radius 1 is 0.909 bits per heavy atom. The largest absolute Gasteiger partial charge is 0.490 e. The third-order valence-corrected chi connectivity index (χ3v) is 7.04. The highest BCUT2D eigenvalue weighted by Gasteiger charge is 2.34. The minimum Gasteiger partial charge on any atom is -0.490 e. The fraction of sp³-hybridized carbons (Fsp3) is 0.417. The smallest absolute Gasteiger partial charge is 0.429 e. The monoisotopic (exact) mass is 491 g/mol. The molecule has 2 aliphatic heterocycles. The van der Waals surface area contributed by atoms with E-state index < -0.39 is 12.0 Å². The van der Waals surface area contributed by atoms with Gasteiger partial charge in [0.15, 0.2) is 0 Å². The van der Waals surface area contributed by atoms with Crippen LogP contribution in [0.2, 0.25) is 10.0 Å². The Labute approximate surface area is 203 Å². The molecule has 2 fully saturated rings. The second-order valence-electron chi connectivity index (χ2n) is 8.38. The van der Waals surface area contributed by atoms with E-state index in [1.165, 1.54) is 0 Å². The molecule has 2 amide bonds. The first-order valence-electron chi connectivity index (χ1n) is 11.2. The van der Waals surface area contributed by atoms with E-state index in [4.69, 9.17) is 27.9 Å². The highest BCUT2D eigenvalue weighted by molar-refractivity contribution is 6.42. The molecule has 0 spiro atoms. The summed E-state index contributed by atoms with van der Waals surface area (Å²) in [4.78, 5) is 27.1. The number of hydrazine groups is 1. The predicted molar refractivity (Wildman–Crippen MR) is 127 cm³/mol. The van der Waals surface area contributed by atoms with Crippen molar-refractivity contribution in [3.63, 3.8) is 0 Å². The SMILES string of the molecule is O=C(O)N(C(=O)c1ccccc1)N1CCC(N2CCC(Oc3ccc(Cl)c(Cl)c3)CC2)CC1. The van der Waals surface area contributed by atoms with Crippen molar-refractivity contribution in [3.05, 3.63) is 64.1 Å². The molecular formula is C24H27Cl2N3O4. The Kier molecular flexibility index (Phi) is 7.75. The van der Waals surface area contributed by atoms with Crippen molar-refractivity contribution in [1.29, 1.82) is 0 Å². The molecule has 0 saturated carbocycles. The molecule has 2 aromatic carbocycles. The summed E-state index contributed by atoms with van der Waals surface area (Å²) in [7, 11) is 0. The van der Waals surface area contributed by atoms with Crippen LogP contribution in [0, 0.1) is 0 Å². The van der Waals surface area contributed by atoms with Crippen LogP contribution in [-0.2, 0) is 0 Å². The van der Waals surface area contributed by atoms with Crippen LogP contribution in [0.4, 0.5) is 4.79 Å². The Morgan fingerprint density at radius 2 is 1.58 bits per heavy atom. The van der Waals surface area contributed by atoms with Crippen LogP contribution >= 0.6 is 23.2 Å². The number of rotatable bonds is 5. The van der Waals surface area contributed by atoms with Gasteiger partial charge in [0.05, 0.1) is 10.0 Å². The van der Waals surface area contributed by atoms with Crippen molar-refractivity contribution in [1.82, 2.24) is 14.9 Å². The molecule has 2 saturated heterocycles. The molecular weight excluding hydrogens is 465 g/mol. The lowest BCUT2D eigenvalue weighted by atomic mass is 9.99. The number of halogens is 2. The fourth-order valence-corrected chi connectivity index (χ4v) is 4.85. The molecule has 0 radical (unpaired) electrons. The van der Waals surface area contributed by atoms with E-state index in [1.807, 2.05) is 6.07 Å². The number of piperidine rings is 2. The maximum absolute atomic E-state index is 12.8. The van der Waals surface area contributed by atoms with Gasteiger partial charge in [0.25, 0.3) is 5.91 Å². The maximum Gasteiger partial charge on any atom is 0.429 e. The van der Waals surface area contributed by atoms with E-state index in [0.29, 0.717) is 34.7 Å². The van der Waals surface area contributed by atoms with Crippen LogP contribution in [0.15, 0.2) is 48.5 Å². The van der Waals surface area contributed by atoms with Gasteiger partial charge in [0.2, 0.25) is 0 Å². The Bertz CT molecular complexity index is 975.